The number of aromatic carboxylic acids is 4. The Labute approximate surface area is 219 Å². The van der Waals surface area contributed by atoms with Crippen LogP contribution in [0.1, 0.15) is 41.4 Å². The maximum absolute atomic E-state index is 11.4. The van der Waals surface area contributed by atoms with Crippen LogP contribution < -0.4 is 14.2 Å². The molecule has 0 radical (unpaired) electrons. The Balaban J connectivity index is 1.51. The fourth-order valence-electron chi connectivity index (χ4n) is 3.51. The van der Waals surface area contributed by atoms with Crippen LogP contribution in [0.15, 0.2) is 84.9 Å². The van der Waals surface area contributed by atoms with Crippen LogP contribution in [0.2, 0.25) is 0 Å². The Morgan fingerprint density at radius 1 is 0.385 bits per heavy atom. The second kappa shape index (κ2) is 11.0. The zero-order chi connectivity index (χ0) is 28.1. The molecule has 196 valence electrons. The molecule has 11 heteroatoms. The molecule has 0 saturated heterocycles. The third-order valence-corrected chi connectivity index (χ3v) is 5.22. The van der Waals surface area contributed by atoms with E-state index in [1.165, 1.54) is 24.3 Å². The quantitative estimate of drug-likeness (QED) is 0.193. The van der Waals surface area contributed by atoms with Crippen LogP contribution in [-0.4, -0.2) is 44.3 Å². The van der Waals surface area contributed by atoms with Crippen LogP contribution in [0.5, 0.6) is 34.5 Å². The molecule has 0 fully saturated rings. The Morgan fingerprint density at radius 3 is 0.949 bits per heavy atom. The van der Waals surface area contributed by atoms with Gasteiger partial charge in [-0.3, -0.25) is 0 Å². The lowest BCUT2D eigenvalue weighted by Gasteiger charge is -2.12. The van der Waals surface area contributed by atoms with Crippen molar-refractivity contribution in [2.45, 2.75) is 0 Å². The van der Waals surface area contributed by atoms with Gasteiger partial charge >= 0.3 is 23.9 Å². The summed E-state index contributed by atoms with van der Waals surface area (Å²) < 4.78 is 17.2. The van der Waals surface area contributed by atoms with Gasteiger partial charge in [-0.15, -0.1) is 0 Å². The topological polar surface area (TPSA) is 177 Å². The summed E-state index contributed by atoms with van der Waals surface area (Å²) in [6.45, 7) is 0. The Morgan fingerprint density at radius 2 is 0.667 bits per heavy atom. The number of carbonyl (C=O) groups is 4. The van der Waals surface area contributed by atoms with E-state index in [-0.39, 0.29) is 22.6 Å². The van der Waals surface area contributed by atoms with E-state index in [9.17, 15) is 29.4 Å². The van der Waals surface area contributed by atoms with Crippen LogP contribution >= 0.6 is 0 Å². The molecule has 11 nitrogen and oxygen atoms in total. The van der Waals surface area contributed by atoms with E-state index in [1.807, 2.05) is 0 Å². The molecule has 4 rings (SSSR count). The monoisotopic (exact) mass is 530 g/mol. The average molecular weight is 530 g/mol. The highest BCUT2D eigenvalue weighted by Crippen LogP contribution is 2.32. The first-order valence-electron chi connectivity index (χ1n) is 11.1. The van der Waals surface area contributed by atoms with E-state index in [0.717, 1.165) is 24.3 Å². The minimum absolute atomic E-state index is 0.111. The lowest BCUT2D eigenvalue weighted by Crippen LogP contribution is -2.07. The van der Waals surface area contributed by atoms with Crippen molar-refractivity contribution in [1.82, 2.24) is 0 Å². The number of hydrogen-bond donors (Lipinski definition) is 4. The number of carboxylic acids is 4. The van der Waals surface area contributed by atoms with Gasteiger partial charge < -0.3 is 34.6 Å². The van der Waals surface area contributed by atoms with Gasteiger partial charge in [-0.1, -0.05) is 12.1 Å². The molecule has 0 spiro atoms. The number of ether oxygens (including phenoxy) is 3. The molecule has 0 bridgehead atoms. The van der Waals surface area contributed by atoms with Crippen LogP contribution in [0, 0.1) is 0 Å². The van der Waals surface area contributed by atoms with Crippen molar-refractivity contribution in [3.05, 3.63) is 107 Å². The highest BCUT2D eigenvalue weighted by molar-refractivity contribution is 6.02. The predicted octanol–water partition coefficient (Wildman–Crippen LogP) is 5.86. The smallest absolute Gasteiger partial charge is 0.336 e. The third-order valence-electron chi connectivity index (χ3n) is 5.22. The molecule has 0 aliphatic heterocycles. The van der Waals surface area contributed by atoms with Crippen LogP contribution in [0.25, 0.3) is 0 Å². The molecular weight excluding hydrogens is 512 g/mol. The lowest BCUT2D eigenvalue weighted by atomic mass is 10.1. The predicted molar refractivity (Wildman–Crippen MR) is 134 cm³/mol. The Hall–Kier alpha value is -5.84. The van der Waals surface area contributed by atoms with E-state index in [4.69, 9.17) is 24.4 Å². The number of carboxylic acid groups (broad SMARTS) is 4. The molecule has 0 aliphatic rings. The van der Waals surface area contributed by atoms with E-state index < -0.39 is 35.0 Å². The third kappa shape index (κ3) is 6.30. The fourth-order valence-corrected chi connectivity index (χ4v) is 3.51. The maximum atomic E-state index is 11.4. The standard InChI is InChI=1S/C28H18O11/c29-25(30)21-9-7-19(13-23(21)27(33)34)38-17-5-1-3-15(11-17)37-16-4-2-6-18(12-16)39-20-8-10-22(26(31)32)24(14-20)28(35)36/h1-14H,(H,29,30)(H,31,32)(H,33,34)(H,35,36). The zero-order valence-corrected chi connectivity index (χ0v) is 19.7. The van der Waals surface area contributed by atoms with Gasteiger partial charge in [0.05, 0.1) is 22.3 Å². The molecular formula is C28H18O11. The highest BCUT2D eigenvalue weighted by atomic mass is 16.5. The second-order valence-electron chi connectivity index (χ2n) is 7.89. The van der Waals surface area contributed by atoms with Gasteiger partial charge in [0.25, 0.3) is 0 Å². The highest BCUT2D eigenvalue weighted by Gasteiger charge is 2.18. The summed E-state index contributed by atoms with van der Waals surface area (Å²) in [6, 6.07) is 20.0. The van der Waals surface area contributed by atoms with E-state index in [1.54, 1.807) is 36.4 Å². The molecule has 0 unspecified atom stereocenters. The van der Waals surface area contributed by atoms with Crippen molar-refractivity contribution >= 4 is 23.9 Å². The number of hydrogen-bond acceptors (Lipinski definition) is 7. The molecule has 0 amide bonds. The molecule has 0 heterocycles. The molecule has 4 N–H and O–H groups in total. The van der Waals surface area contributed by atoms with Crippen molar-refractivity contribution in [3.63, 3.8) is 0 Å². The van der Waals surface area contributed by atoms with Gasteiger partial charge in [-0.25, -0.2) is 19.2 Å². The normalized spacial score (nSPS) is 10.4. The average Bonchev–Trinajstić information content (AvgIpc) is 2.88. The van der Waals surface area contributed by atoms with E-state index in [2.05, 4.69) is 0 Å². The van der Waals surface area contributed by atoms with Crippen molar-refractivity contribution in [2.24, 2.45) is 0 Å². The summed E-state index contributed by atoms with van der Waals surface area (Å²) in [6.07, 6.45) is 0. The zero-order valence-electron chi connectivity index (χ0n) is 19.7. The summed E-state index contributed by atoms with van der Waals surface area (Å²) in [5, 5.41) is 36.9. The molecule has 0 aromatic heterocycles. The van der Waals surface area contributed by atoms with Gasteiger partial charge in [0, 0.05) is 12.1 Å². The first-order valence-corrected chi connectivity index (χ1v) is 11.1. The van der Waals surface area contributed by atoms with Gasteiger partial charge in [0.15, 0.2) is 0 Å². The lowest BCUT2D eigenvalue weighted by molar-refractivity contribution is 0.0651. The molecule has 0 atom stereocenters. The van der Waals surface area contributed by atoms with Crippen molar-refractivity contribution in [3.8, 4) is 34.5 Å². The van der Waals surface area contributed by atoms with Gasteiger partial charge in [-0.05, 0) is 60.7 Å². The van der Waals surface area contributed by atoms with Gasteiger partial charge in [-0.2, -0.15) is 0 Å². The van der Waals surface area contributed by atoms with Crippen LogP contribution in [-0.2, 0) is 0 Å². The summed E-state index contributed by atoms with van der Waals surface area (Å²) in [4.78, 5) is 45.3. The summed E-state index contributed by atoms with van der Waals surface area (Å²) in [5.41, 5.74) is -1.58. The van der Waals surface area contributed by atoms with E-state index in [0.29, 0.717) is 23.0 Å². The largest absolute Gasteiger partial charge is 0.478 e. The van der Waals surface area contributed by atoms with Gasteiger partial charge in [0.1, 0.15) is 34.5 Å². The van der Waals surface area contributed by atoms with Crippen molar-refractivity contribution in [1.29, 1.82) is 0 Å². The van der Waals surface area contributed by atoms with E-state index >= 15 is 0 Å². The minimum atomic E-state index is -1.41. The number of benzene rings is 4. The molecule has 39 heavy (non-hydrogen) atoms. The first-order chi connectivity index (χ1) is 18.6. The fraction of sp³-hybridized carbons (Fsp3) is 0. The number of rotatable bonds is 10. The molecule has 4 aromatic carbocycles. The summed E-state index contributed by atoms with van der Waals surface area (Å²) >= 11 is 0. The Bertz CT molecular complexity index is 1490. The van der Waals surface area contributed by atoms with Crippen LogP contribution in [0.4, 0.5) is 0 Å². The second-order valence-corrected chi connectivity index (χ2v) is 7.89. The molecule has 0 saturated carbocycles. The minimum Gasteiger partial charge on any atom is -0.478 e. The SMILES string of the molecule is O=C(O)c1ccc(Oc2cccc(Oc3cccc(Oc4ccc(C(=O)O)c(C(=O)O)c4)c3)c2)cc1C(=O)O. The van der Waals surface area contributed by atoms with Gasteiger partial charge in [0.2, 0.25) is 0 Å². The Kier molecular flexibility index (Phi) is 7.43. The molecule has 4 aromatic rings. The van der Waals surface area contributed by atoms with Crippen molar-refractivity contribution in [2.75, 3.05) is 0 Å². The first kappa shape index (κ1) is 26.2. The summed E-state index contributed by atoms with van der Waals surface area (Å²) in [5.74, 6) is -4.06. The summed E-state index contributed by atoms with van der Waals surface area (Å²) in [7, 11) is 0. The van der Waals surface area contributed by atoms with Crippen molar-refractivity contribution < 1.29 is 53.8 Å². The van der Waals surface area contributed by atoms with Crippen LogP contribution in [0.3, 0.4) is 0 Å². The molecule has 0 aliphatic carbocycles. The maximum Gasteiger partial charge on any atom is 0.336 e.